The highest BCUT2D eigenvalue weighted by Gasteiger charge is 2.20. The lowest BCUT2D eigenvalue weighted by Crippen LogP contribution is -2.14. The molecule has 16 heavy (non-hydrogen) atoms. The van der Waals surface area contributed by atoms with Crippen molar-refractivity contribution < 1.29 is 24.2 Å². The van der Waals surface area contributed by atoms with Gasteiger partial charge in [-0.3, -0.25) is 4.79 Å². The van der Waals surface area contributed by atoms with Crippen LogP contribution < -0.4 is 9.47 Å². The van der Waals surface area contributed by atoms with Crippen molar-refractivity contribution in [3.63, 3.8) is 0 Å². The van der Waals surface area contributed by atoms with Crippen LogP contribution in [0.2, 0.25) is 0 Å². The van der Waals surface area contributed by atoms with Gasteiger partial charge in [0.25, 0.3) is 5.78 Å². The maximum Gasteiger partial charge on any atom is 0.377 e. The van der Waals surface area contributed by atoms with Crippen LogP contribution in [0.3, 0.4) is 0 Å². The normalized spacial score (nSPS) is 9.69. The van der Waals surface area contributed by atoms with E-state index < -0.39 is 11.8 Å². The van der Waals surface area contributed by atoms with E-state index in [2.05, 4.69) is 0 Å². The van der Waals surface area contributed by atoms with Crippen molar-refractivity contribution in [1.82, 2.24) is 0 Å². The maximum atomic E-state index is 11.4. The van der Waals surface area contributed by atoms with E-state index in [4.69, 9.17) is 14.6 Å². The molecular weight excluding hydrogens is 212 g/mol. The Morgan fingerprint density at radius 1 is 1.19 bits per heavy atom. The van der Waals surface area contributed by atoms with E-state index in [1.54, 1.807) is 13.0 Å². The molecule has 0 saturated carbocycles. The van der Waals surface area contributed by atoms with Crippen LogP contribution in [0, 0.1) is 6.92 Å². The number of benzene rings is 1. The van der Waals surface area contributed by atoms with E-state index in [0.717, 1.165) is 0 Å². The number of carboxylic acids is 1. The molecule has 0 aromatic heterocycles. The quantitative estimate of drug-likeness (QED) is 0.616. The highest BCUT2D eigenvalue weighted by molar-refractivity contribution is 6.40. The van der Waals surface area contributed by atoms with Crippen LogP contribution in [-0.4, -0.2) is 31.1 Å². The Balaban J connectivity index is 3.37. The molecule has 0 bridgehead atoms. The summed E-state index contributed by atoms with van der Waals surface area (Å²) in [4.78, 5) is 22.0. The van der Waals surface area contributed by atoms with Crippen LogP contribution in [0.1, 0.15) is 15.9 Å². The molecule has 0 aliphatic heterocycles. The number of ketones is 1. The summed E-state index contributed by atoms with van der Waals surface area (Å²) in [7, 11) is 2.87. The van der Waals surface area contributed by atoms with Gasteiger partial charge in [-0.2, -0.15) is 0 Å². The zero-order chi connectivity index (χ0) is 12.3. The zero-order valence-electron chi connectivity index (χ0n) is 9.23. The first-order valence-electron chi connectivity index (χ1n) is 4.51. The second-order valence-corrected chi connectivity index (χ2v) is 3.14. The minimum Gasteiger partial charge on any atom is -0.497 e. The number of hydrogen-bond acceptors (Lipinski definition) is 4. The summed E-state index contributed by atoms with van der Waals surface area (Å²) in [6, 6.07) is 2.97. The Morgan fingerprint density at radius 3 is 2.25 bits per heavy atom. The Labute approximate surface area is 92.6 Å². The number of Topliss-reactive ketones (excluding diaryl/α,β-unsaturated/α-hetero) is 1. The molecule has 1 rings (SSSR count). The molecule has 1 aromatic rings. The summed E-state index contributed by atoms with van der Waals surface area (Å²) in [5.41, 5.74) is 0.555. The van der Waals surface area contributed by atoms with Gasteiger partial charge in [0.2, 0.25) is 0 Å². The number of hydrogen-bond donors (Lipinski definition) is 1. The van der Waals surface area contributed by atoms with E-state index in [9.17, 15) is 9.59 Å². The number of rotatable bonds is 4. The van der Waals surface area contributed by atoms with Gasteiger partial charge in [-0.15, -0.1) is 0 Å². The lowest BCUT2D eigenvalue weighted by molar-refractivity contribution is -0.131. The standard InChI is InChI=1S/C11H12O5/c1-6-8(10(12)11(13)14)4-7(15-2)5-9(6)16-3/h4-5H,1-3H3,(H,13,14). The second kappa shape index (κ2) is 4.65. The van der Waals surface area contributed by atoms with Crippen molar-refractivity contribution in [1.29, 1.82) is 0 Å². The highest BCUT2D eigenvalue weighted by Crippen LogP contribution is 2.28. The first-order chi connectivity index (χ1) is 7.51. The molecule has 1 N–H and O–H groups in total. The van der Waals surface area contributed by atoms with Gasteiger partial charge in [0.05, 0.1) is 14.2 Å². The fourth-order valence-corrected chi connectivity index (χ4v) is 1.34. The minimum atomic E-state index is -1.50. The van der Waals surface area contributed by atoms with Gasteiger partial charge in [-0.1, -0.05) is 0 Å². The largest absolute Gasteiger partial charge is 0.497 e. The molecule has 0 aliphatic rings. The minimum absolute atomic E-state index is 0.0729. The molecule has 0 fully saturated rings. The molecule has 1 aromatic carbocycles. The predicted molar refractivity (Wildman–Crippen MR) is 56.2 cm³/mol. The highest BCUT2D eigenvalue weighted by atomic mass is 16.5. The molecular formula is C11H12O5. The van der Waals surface area contributed by atoms with Crippen LogP contribution in [0.15, 0.2) is 12.1 Å². The number of methoxy groups -OCH3 is 2. The summed E-state index contributed by atoms with van der Waals surface area (Å²) in [6.45, 7) is 1.62. The summed E-state index contributed by atoms with van der Waals surface area (Å²) in [6.07, 6.45) is 0. The predicted octanol–water partition coefficient (Wildman–Crippen LogP) is 1.28. The van der Waals surface area contributed by atoms with Crippen molar-refractivity contribution >= 4 is 11.8 Å². The van der Waals surface area contributed by atoms with Gasteiger partial charge in [0, 0.05) is 17.2 Å². The number of carbonyl (C=O) groups excluding carboxylic acids is 1. The van der Waals surface area contributed by atoms with Crippen molar-refractivity contribution in [2.24, 2.45) is 0 Å². The van der Waals surface area contributed by atoms with Crippen molar-refractivity contribution in [2.75, 3.05) is 14.2 Å². The maximum absolute atomic E-state index is 11.4. The van der Waals surface area contributed by atoms with Crippen LogP contribution in [-0.2, 0) is 4.79 Å². The molecule has 5 nitrogen and oxygen atoms in total. The van der Waals surface area contributed by atoms with E-state index in [1.165, 1.54) is 20.3 Å². The van der Waals surface area contributed by atoms with Gasteiger partial charge in [0.15, 0.2) is 0 Å². The van der Waals surface area contributed by atoms with E-state index in [-0.39, 0.29) is 5.56 Å². The average Bonchev–Trinajstić information content (AvgIpc) is 2.28. The van der Waals surface area contributed by atoms with Crippen molar-refractivity contribution in [2.45, 2.75) is 6.92 Å². The van der Waals surface area contributed by atoms with E-state index in [1.807, 2.05) is 0 Å². The van der Waals surface area contributed by atoms with E-state index >= 15 is 0 Å². The monoisotopic (exact) mass is 224 g/mol. The molecule has 0 amide bonds. The Bertz CT molecular complexity index is 436. The zero-order valence-corrected chi connectivity index (χ0v) is 9.23. The van der Waals surface area contributed by atoms with E-state index in [0.29, 0.717) is 17.1 Å². The Hall–Kier alpha value is -2.04. The molecule has 0 atom stereocenters. The third-order valence-electron chi connectivity index (χ3n) is 2.23. The third-order valence-corrected chi connectivity index (χ3v) is 2.23. The first kappa shape index (κ1) is 12.0. The summed E-state index contributed by atoms with van der Waals surface area (Å²) >= 11 is 0. The summed E-state index contributed by atoms with van der Waals surface area (Å²) < 4.78 is 9.99. The smallest absolute Gasteiger partial charge is 0.377 e. The molecule has 0 radical (unpaired) electrons. The topological polar surface area (TPSA) is 72.8 Å². The average molecular weight is 224 g/mol. The van der Waals surface area contributed by atoms with Gasteiger partial charge >= 0.3 is 5.97 Å². The Morgan fingerprint density at radius 2 is 1.81 bits per heavy atom. The lowest BCUT2D eigenvalue weighted by Gasteiger charge is -2.10. The van der Waals surface area contributed by atoms with Crippen LogP contribution in [0.4, 0.5) is 0 Å². The fourth-order valence-electron chi connectivity index (χ4n) is 1.34. The van der Waals surface area contributed by atoms with Crippen LogP contribution >= 0.6 is 0 Å². The second-order valence-electron chi connectivity index (χ2n) is 3.14. The van der Waals surface area contributed by atoms with Gasteiger partial charge in [-0.05, 0) is 13.0 Å². The Kier molecular flexibility index (Phi) is 3.50. The van der Waals surface area contributed by atoms with Crippen LogP contribution in [0.5, 0.6) is 11.5 Å². The molecule has 0 spiro atoms. The molecule has 86 valence electrons. The SMILES string of the molecule is COc1cc(OC)c(C)c(C(=O)C(=O)O)c1. The molecule has 0 saturated heterocycles. The number of carboxylic acid groups (broad SMARTS) is 1. The summed E-state index contributed by atoms with van der Waals surface area (Å²) in [5.74, 6) is -1.68. The summed E-state index contributed by atoms with van der Waals surface area (Å²) in [5, 5.41) is 8.66. The van der Waals surface area contributed by atoms with Gasteiger partial charge < -0.3 is 14.6 Å². The molecule has 0 heterocycles. The number of ether oxygens (including phenoxy) is 2. The fraction of sp³-hybridized carbons (Fsp3) is 0.273. The molecule has 5 heteroatoms. The van der Waals surface area contributed by atoms with Gasteiger partial charge in [-0.25, -0.2) is 4.79 Å². The molecule has 0 aliphatic carbocycles. The number of carbonyl (C=O) groups is 2. The molecule has 0 unspecified atom stereocenters. The third kappa shape index (κ3) is 2.13. The number of aliphatic carboxylic acids is 1. The van der Waals surface area contributed by atoms with Crippen LogP contribution in [0.25, 0.3) is 0 Å². The van der Waals surface area contributed by atoms with Crippen molar-refractivity contribution in [3.05, 3.63) is 23.3 Å². The van der Waals surface area contributed by atoms with Gasteiger partial charge in [0.1, 0.15) is 11.5 Å². The van der Waals surface area contributed by atoms with Crippen molar-refractivity contribution in [3.8, 4) is 11.5 Å². The lowest BCUT2D eigenvalue weighted by atomic mass is 10.0. The first-order valence-corrected chi connectivity index (χ1v) is 4.51.